The van der Waals surface area contributed by atoms with Crippen molar-refractivity contribution in [2.24, 2.45) is 0 Å². The van der Waals surface area contributed by atoms with Crippen LogP contribution in [0, 0.1) is 13.8 Å². The number of hydrogen-bond donors (Lipinski definition) is 1. The number of para-hydroxylation sites is 1. The zero-order chi connectivity index (χ0) is 21.4. The van der Waals surface area contributed by atoms with E-state index in [1.165, 1.54) is 16.8 Å². The minimum absolute atomic E-state index is 0.0419. The Morgan fingerprint density at radius 1 is 0.871 bits per heavy atom. The molecule has 154 valence electrons. The molecule has 0 bridgehead atoms. The van der Waals surface area contributed by atoms with Gasteiger partial charge in [0, 0.05) is 29.5 Å². The van der Waals surface area contributed by atoms with Crippen LogP contribution in [-0.2, 0) is 0 Å². The van der Waals surface area contributed by atoms with Gasteiger partial charge in [0.1, 0.15) is 6.04 Å². The summed E-state index contributed by atoms with van der Waals surface area (Å²) in [6.07, 6.45) is 3.97. The van der Waals surface area contributed by atoms with Crippen LogP contribution < -0.4 is 10.2 Å². The van der Waals surface area contributed by atoms with E-state index in [9.17, 15) is 0 Å². The summed E-state index contributed by atoms with van der Waals surface area (Å²) in [5, 5.41) is 4.26. The first-order valence-corrected chi connectivity index (χ1v) is 10.8. The van der Waals surface area contributed by atoms with E-state index < -0.39 is 0 Å². The van der Waals surface area contributed by atoms with E-state index in [0.29, 0.717) is 5.11 Å². The van der Waals surface area contributed by atoms with Crippen LogP contribution in [0.1, 0.15) is 34.6 Å². The number of aromatic nitrogens is 2. The number of thiocarbonyl (C=S) groups is 1. The molecular formula is C26H24N4S. The van der Waals surface area contributed by atoms with Gasteiger partial charge in [-0.3, -0.25) is 4.98 Å². The second-order valence-corrected chi connectivity index (χ2v) is 8.31. The van der Waals surface area contributed by atoms with Gasteiger partial charge < -0.3 is 14.8 Å². The number of nitrogens with zero attached hydrogens (tertiary/aromatic N) is 3. The molecule has 31 heavy (non-hydrogen) atoms. The van der Waals surface area contributed by atoms with Crippen LogP contribution in [0.25, 0.3) is 5.69 Å². The van der Waals surface area contributed by atoms with Crippen LogP contribution in [0.2, 0.25) is 0 Å². The van der Waals surface area contributed by atoms with Gasteiger partial charge in [-0.1, -0.05) is 42.0 Å². The van der Waals surface area contributed by atoms with E-state index in [0.717, 1.165) is 17.1 Å². The average Bonchev–Trinajstić information content (AvgIpc) is 3.39. The van der Waals surface area contributed by atoms with Crippen molar-refractivity contribution in [1.29, 1.82) is 0 Å². The number of aryl methyl sites for hydroxylation is 2. The molecule has 4 aromatic rings. The largest absolute Gasteiger partial charge is 0.351 e. The monoisotopic (exact) mass is 424 g/mol. The predicted molar refractivity (Wildman–Crippen MR) is 130 cm³/mol. The SMILES string of the molecule is Cc1ccc(N2C(=S)N[C@@H](c3ccccn3)[C@@H]2c2cccn2-c2ccccc2C)cc1. The summed E-state index contributed by atoms with van der Waals surface area (Å²) in [6.45, 7) is 4.24. The fourth-order valence-corrected chi connectivity index (χ4v) is 4.67. The number of rotatable bonds is 4. The predicted octanol–water partition coefficient (Wildman–Crippen LogP) is 5.67. The third kappa shape index (κ3) is 3.51. The number of nitrogens with one attached hydrogen (secondary N) is 1. The molecule has 0 radical (unpaired) electrons. The topological polar surface area (TPSA) is 33.1 Å². The minimum atomic E-state index is -0.0623. The summed E-state index contributed by atoms with van der Waals surface area (Å²) in [7, 11) is 0. The molecular weight excluding hydrogens is 400 g/mol. The van der Waals surface area contributed by atoms with Gasteiger partial charge in [0.05, 0.1) is 11.7 Å². The second kappa shape index (κ2) is 8.00. The molecule has 2 aromatic heterocycles. The molecule has 0 saturated carbocycles. The normalized spacial score (nSPS) is 18.3. The molecule has 1 aliphatic heterocycles. The van der Waals surface area contributed by atoms with Crippen LogP contribution in [-0.4, -0.2) is 14.7 Å². The Labute approximate surface area is 188 Å². The van der Waals surface area contributed by atoms with E-state index in [-0.39, 0.29) is 12.1 Å². The molecule has 5 rings (SSSR count). The third-order valence-electron chi connectivity index (χ3n) is 5.87. The van der Waals surface area contributed by atoms with Gasteiger partial charge in [0.2, 0.25) is 0 Å². The molecule has 1 N–H and O–H groups in total. The molecule has 2 atom stereocenters. The number of pyridine rings is 1. The summed E-state index contributed by atoms with van der Waals surface area (Å²) < 4.78 is 2.27. The highest BCUT2D eigenvalue weighted by Gasteiger charge is 2.42. The molecule has 3 heterocycles. The standard InChI is InChI=1S/C26H24N4S/c1-18-12-14-20(15-13-18)30-25(24(28-26(30)31)21-9-5-6-16-27-21)23-11-7-17-29(23)22-10-4-3-8-19(22)2/h3-17,24-25H,1-2H3,(H,28,31)/t24-,25-/m0/s1. The zero-order valence-electron chi connectivity index (χ0n) is 17.6. The smallest absolute Gasteiger partial charge is 0.174 e. The summed E-state index contributed by atoms with van der Waals surface area (Å²) in [4.78, 5) is 6.88. The van der Waals surface area contributed by atoms with Gasteiger partial charge in [-0.2, -0.15) is 0 Å². The lowest BCUT2D eigenvalue weighted by molar-refractivity contribution is 0.549. The summed E-state index contributed by atoms with van der Waals surface area (Å²) in [5.74, 6) is 0. The average molecular weight is 425 g/mol. The van der Waals surface area contributed by atoms with Crippen molar-refractivity contribution in [2.75, 3.05) is 4.90 Å². The van der Waals surface area contributed by atoms with E-state index >= 15 is 0 Å². The molecule has 1 fully saturated rings. The first-order chi connectivity index (χ1) is 15.1. The number of anilines is 1. The van der Waals surface area contributed by atoms with Crippen molar-refractivity contribution in [3.05, 3.63) is 114 Å². The summed E-state index contributed by atoms with van der Waals surface area (Å²) in [6, 6.07) is 27.2. The first-order valence-electron chi connectivity index (χ1n) is 10.4. The molecule has 1 aliphatic rings. The lowest BCUT2D eigenvalue weighted by Crippen LogP contribution is -2.30. The number of hydrogen-bond acceptors (Lipinski definition) is 2. The van der Waals surface area contributed by atoms with Crippen LogP contribution in [0.5, 0.6) is 0 Å². The van der Waals surface area contributed by atoms with Gasteiger partial charge in [0.15, 0.2) is 5.11 Å². The van der Waals surface area contributed by atoms with E-state index in [2.05, 4.69) is 107 Å². The Hall–Kier alpha value is -3.44. The lowest BCUT2D eigenvalue weighted by Gasteiger charge is -2.29. The highest BCUT2D eigenvalue weighted by Crippen LogP contribution is 2.42. The maximum Gasteiger partial charge on any atom is 0.174 e. The molecule has 1 saturated heterocycles. The van der Waals surface area contributed by atoms with Crippen molar-refractivity contribution in [3.8, 4) is 5.69 Å². The summed E-state index contributed by atoms with van der Waals surface area (Å²) >= 11 is 5.85. The molecule has 2 aromatic carbocycles. The molecule has 4 nitrogen and oxygen atoms in total. The first kappa shape index (κ1) is 19.5. The van der Waals surface area contributed by atoms with E-state index in [4.69, 9.17) is 12.2 Å². The van der Waals surface area contributed by atoms with Gasteiger partial charge >= 0.3 is 0 Å². The van der Waals surface area contributed by atoms with E-state index in [1.54, 1.807) is 0 Å². The van der Waals surface area contributed by atoms with E-state index in [1.807, 2.05) is 18.3 Å². The van der Waals surface area contributed by atoms with Gasteiger partial charge in [-0.25, -0.2) is 0 Å². The molecule has 0 unspecified atom stereocenters. The quantitative estimate of drug-likeness (QED) is 0.428. The van der Waals surface area contributed by atoms with Crippen molar-refractivity contribution >= 4 is 23.0 Å². The molecule has 5 heteroatoms. The fourth-order valence-electron chi connectivity index (χ4n) is 4.33. The van der Waals surface area contributed by atoms with Gasteiger partial charge in [-0.05, 0) is 74.1 Å². The minimum Gasteiger partial charge on any atom is -0.351 e. The van der Waals surface area contributed by atoms with Crippen LogP contribution in [0.15, 0.2) is 91.3 Å². The van der Waals surface area contributed by atoms with Crippen LogP contribution in [0.3, 0.4) is 0 Å². The molecule has 0 amide bonds. The van der Waals surface area contributed by atoms with Crippen LogP contribution >= 0.6 is 12.2 Å². The Balaban J connectivity index is 1.68. The van der Waals surface area contributed by atoms with Crippen molar-refractivity contribution in [1.82, 2.24) is 14.9 Å². The Bertz CT molecular complexity index is 1210. The number of benzene rings is 2. The molecule has 0 aliphatic carbocycles. The Morgan fingerprint density at radius 2 is 1.65 bits per heavy atom. The fraction of sp³-hybridized carbons (Fsp3) is 0.154. The Morgan fingerprint density at radius 3 is 2.39 bits per heavy atom. The lowest BCUT2D eigenvalue weighted by atomic mass is 10.0. The maximum atomic E-state index is 5.85. The van der Waals surface area contributed by atoms with Gasteiger partial charge in [0.25, 0.3) is 0 Å². The highest BCUT2D eigenvalue weighted by molar-refractivity contribution is 7.80. The Kier molecular flexibility index (Phi) is 5.04. The second-order valence-electron chi connectivity index (χ2n) is 7.92. The third-order valence-corrected chi connectivity index (χ3v) is 6.18. The zero-order valence-corrected chi connectivity index (χ0v) is 18.4. The van der Waals surface area contributed by atoms with Crippen molar-refractivity contribution in [3.63, 3.8) is 0 Å². The summed E-state index contributed by atoms with van der Waals surface area (Å²) in [5.41, 5.74) is 6.83. The van der Waals surface area contributed by atoms with Gasteiger partial charge in [-0.15, -0.1) is 0 Å². The maximum absolute atomic E-state index is 5.85. The highest BCUT2D eigenvalue weighted by atomic mass is 32.1. The van der Waals surface area contributed by atoms with Crippen molar-refractivity contribution in [2.45, 2.75) is 25.9 Å². The molecule has 0 spiro atoms. The van der Waals surface area contributed by atoms with Crippen LogP contribution in [0.4, 0.5) is 5.69 Å². The van der Waals surface area contributed by atoms with Crippen molar-refractivity contribution < 1.29 is 0 Å².